The molecule has 2 aromatic rings. The summed E-state index contributed by atoms with van der Waals surface area (Å²) in [6.45, 7) is 0.181. The fourth-order valence-electron chi connectivity index (χ4n) is 2.04. The molecule has 0 radical (unpaired) electrons. The highest BCUT2D eigenvalue weighted by molar-refractivity contribution is 5.78. The van der Waals surface area contributed by atoms with Crippen LogP contribution in [0.15, 0.2) is 48.5 Å². The predicted octanol–water partition coefficient (Wildman–Crippen LogP) is 3.57. The molecule has 23 heavy (non-hydrogen) atoms. The van der Waals surface area contributed by atoms with Gasteiger partial charge in [-0.3, -0.25) is 4.79 Å². The van der Waals surface area contributed by atoms with Crippen molar-refractivity contribution < 1.29 is 22.7 Å². The number of rotatable bonds is 5. The number of ether oxygens (including phenoxy) is 1. The van der Waals surface area contributed by atoms with Gasteiger partial charge in [0.15, 0.2) is 0 Å². The Kier molecular flexibility index (Phi) is 5.26. The van der Waals surface area contributed by atoms with Crippen molar-refractivity contribution in [1.82, 2.24) is 5.32 Å². The molecule has 0 saturated heterocycles. The van der Waals surface area contributed by atoms with E-state index in [-0.39, 0.29) is 18.9 Å². The lowest BCUT2D eigenvalue weighted by Gasteiger charge is -2.09. The fourth-order valence-corrected chi connectivity index (χ4v) is 2.04. The maximum Gasteiger partial charge on any atom is 0.416 e. The molecule has 0 heterocycles. The van der Waals surface area contributed by atoms with Crippen molar-refractivity contribution in [2.45, 2.75) is 19.1 Å². The largest absolute Gasteiger partial charge is 0.497 e. The van der Waals surface area contributed by atoms with E-state index in [1.54, 1.807) is 31.4 Å². The molecule has 0 aliphatic carbocycles. The van der Waals surface area contributed by atoms with Gasteiger partial charge in [0.05, 0.1) is 19.1 Å². The lowest BCUT2D eigenvalue weighted by Crippen LogP contribution is -2.24. The molecule has 0 aliphatic heterocycles. The third-order valence-corrected chi connectivity index (χ3v) is 3.27. The Morgan fingerprint density at radius 3 is 2.39 bits per heavy atom. The first-order valence-corrected chi connectivity index (χ1v) is 6.94. The van der Waals surface area contributed by atoms with Gasteiger partial charge in [0.1, 0.15) is 5.75 Å². The second kappa shape index (κ2) is 7.17. The van der Waals surface area contributed by atoms with Crippen LogP contribution in [-0.2, 0) is 23.9 Å². The van der Waals surface area contributed by atoms with Crippen LogP contribution in [0.4, 0.5) is 13.2 Å². The molecule has 0 bridgehead atoms. The van der Waals surface area contributed by atoms with E-state index in [9.17, 15) is 18.0 Å². The fraction of sp³-hybridized carbons (Fsp3) is 0.235. The highest BCUT2D eigenvalue weighted by Gasteiger charge is 2.29. The van der Waals surface area contributed by atoms with Gasteiger partial charge >= 0.3 is 6.18 Å². The summed E-state index contributed by atoms with van der Waals surface area (Å²) in [5, 5.41) is 2.68. The molecule has 2 aromatic carbocycles. The van der Waals surface area contributed by atoms with Crippen molar-refractivity contribution in [3.63, 3.8) is 0 Å². The van der Waals surface area contributed by atoms with E-state index in [2.05, 4.69) is 5.32 Å². The number of hydrogen-bond donors (Lipinski definition) is 1. The zero-order chi connectivity index (χ0) is 16.9. The summed E-state index contributed by atoms with van der Waals surface area (Å²) < 4.78 is 42.5. The maximum absolute atomic E-state index is 12.5. The van der Waals surface area contributed by atoms with E-state index >= 15 is 0 Å². The minimum atomic E-state index is -4.35. The van der Waals surface area contributed by atoms with Gasteiger partial charge in [-0.25, -0.2) is 0 Å². The van der Waals surface area contributed by atoms with Crippen LogP contribution in [0.1, 0.15) is 16.7 Å². The molecule has 3 nitrogen and oxygen atoms in total. The second-order valence-corrected chi connectivity index (χ2v) is 5.00. The van der Waals surface area contributed by atoms with Crippen molar-refractivity contribution in [3.8, 4) is 5.75 Å². The highest BCUT2D eigenvalue weighted by Crippen LogP contribution is 2.29. The number of nitrogens with one attached hydrogen (secondary N) is 1. The monoisotopic (exact) mass is 323 g/mol. The van der Waals surface area contributed by atoms with Crippen molar-refractivity contribution in [3.05, 3.63) is 65.2 Å². The molecule has 1 amide bonds. The van der Waals surface area contributed by atoms with E-state index in [1.165, 1.54) is 12.1 Å². The number of alkyl halides is 3. The molecular formula is C17H16F3NO2. The molecule has 122 valence electrons. The molecule has 0 saturated carbocycles. The first-order valence-electron chi connectivity index (χ1n) is 6.94. The van der Waals surface area contributed by atoms with E-state index in [1.807, 2.05) is 0 Å². The standard InChI is InChI=1S/C17H16F3NO2/c1-23-15-4-2-3-13(9-15)10-16(22)21-11-12-5-7-14(8-6-12)17(18,19)20/h2-9H,10-11H2,1H3,(H,21,22). The van der Waals surface area contributed by atoms with Crippen LogP contribution in [0.3, 0.4) is 0 Å². The van der Waals surface area contributed by atoms with Crippen LogP contribution in [0.2, 0.25) is 0 Å². The molecule has 0 spiro atoms. The van der Waals surface area contributed by atoms with Gasteiger partial charge in [-0.1, -0.05) is 24.3 Å². The van der Waals surface area contributed by atoms with Crippen molar-refractivity contribution in [2.75, 3.05) is 7.11 Å². The lowest BCUT2D eigenvalue weighted by atomic mass is 10.1. The smallest absolute Gasteiger partial charge is 0.416 e. The highest BCUT2D eigenvalue weighted by atomic mass is 19.4. The van der Waals surface area contributed by atoms with Crippen LogP contribution in [-0.4, -0.2) is 13.0 Å². The molecule has 0 fully saturated rings. The number of benzene rings is 2. The van der Waals surface area contributed by atoms with Gasteiger partial charge in [0.25, 0.3) is 0 Å². The number of amides is 1. The zero-order valence-corrected chi connectivity index (χ0v) is 12.5. The third kappa shape index (κ3) is 5.02. The van der Waals surface area contributed by atoms with E-state index < -0.39 is 11.7 Å². The summed E-state index contributed by atoms with van der Waals surface area (Å²) in [6, 6.07) is 11.9. The minimum absolute atomic E-state index is 0.178. The number of carbonyl (C=O) groups excluding carboxylic acids is 1. The van der Waals surface area contributed by atoms with E-state index in [0.29, 0.717) is 11.3 Å². The summed E-state index contributed by atoms with van der Waals surface area (Å²) in [7, 11) is 1.55. The lowest BCUT2D eigenvalue weighted by molar-refractivity contribution is -0.137. The number of carbonyl (C=O) groups is 1. The van der Waals surface area contributed by atoms with Gasteiger partial charge in [0.2, 0.25) is 5.91 Å². The minimum Gasteiger partial charge on any atom is -0.497 e. The number of methoxy groups -OCH3 is 1. The number of halogens is 3. The topological polar surface area (TPSA) is 38.3 Å². The van der Waals surface area contributed by atoms with Crippen LogP contribution in [0, 0.1) is 0 Å². The van der Waals surface area contributed by atoms with Crippen molar-refractivity contribution >= 4 is 5.91 Å². The quantitative estimate of drug-likeness (QED) is 0.913. The van der Waals surface area contributed by atoms with Crippen LogP contribution in [0.5, 0.6) is 5.75 Å². The first-order chi connectivity index (χ1) is 10.9. The molecule has 0 unspecified atom stereocenters. The average Bonchev–Trinajstić information content (AvgIpc) is 2.52. The molecule has 0 aromatic heterocycles. The van der Waals surface area contributed by atoms with E-state index in [4.69, 9.17) is 4.74 Å². The van der Waals surface area contributed by atoms with Gasteiger partial charge in [0, 0.05) is 6.54 Å². The first kappa shape index (κ1) is 16.9. The average molecular weight is 323 g/mol. The van der Waals surface area contributed by atoms with Gasteiger partial charge in [-0.2, -0.15) is 13.2 Å². The van der Waals surface area contributed by atoms with Crippen molar-refractivity contribution in [1.29, 1.82) is 0 Å². The Labute approximate surface area is 132 Å². The summed E-state index contributed by atoms with van der Waals surface area (Å²) >= 11 is 0. The maximum atomic E-state index is 12.5. The summed E-state index contributed by atoms with van der Waals surface area (Å²) in [6.07, 6.45) is -4.17. The summed E-state index contributed by atoms with van der Waals surface area (Å²) in [4.78, 5) is 11.9. The SMILES string of the molecule is COc1cccc(CC(=O)NCc2ccc(C(F)(F)F)cc2)c1. The Morgan fingerprint density at radius 2 is 1.78 bits per heavy atom. The molecule has 1 N–H and O–H groups in total. The summed E-state index contributed by atoms with van der Waals surface area (Å²) in [5.74, 6) is 0.455. The normalized spacial score (nSPS) is 11.1. The van der Waals surface area contributed by atoms with E-state index in [0.717, 1.165) is 17.7 Å². The Hall–Kier alpha value is -2.50. The molecule has 0 aliphatic rings. The van der Waals surface area contributed by atoms with Gasteiger partial charge in [-0.15, -0.1) is 0 Å². The third-order valence-electron chi connectivity index (χ3n) is 3.27. The molecule has 0 atom stereocenters. The van der Waals surface area contributed by atoms with Gasteiger partial charge < -0.3 is 10.1 Å². The Balaban J connectivity index is 1.89. The molecule has 6 heteroatoms. The van der Waals surface area contributed by atoms with Crippen LogP contribution >= 0.6 is 0 Å². The molecular weight excluding hydrogens is 307 g/mol. The zero-order valence-electron chi connectivity index (χ0n) is 12.5. The summed E-state index contributed by atoms with van der Waals surface area (Å²) in [5.41, 5.74) is 0.704. The molecule has 2 rings (SSSR count). The van der Waals surface area contributed by atoms with Crippen LogP contribution < -0.4 is 10.1 Å². The van der Waals surface area contributed by atoms with Crippen LogP contribution in [0.25, 0.3) is 0 Å². The second-order valence-electron chi connectivity index (χ2n) is 5.00. The Morgan fingerprint density at radius 1 is 1.09 bits per heavy atom. The van der Waals surface area contributed by atoms with Gasteiger partial charge in [-0.05, 0) is 35.4 Å². The Bertz CT molecular complexity index is 666. The predicted molar refractivity (Wildman–Crippen MR) is 80.0 cm³/mol. The van der Waals surface area contributed by atoms with Crippen molar-refractivity contribution in [2.24, 2.45) is 0 Å². The number of hydrogen-bond acceptors (Lipinski definition) is 2.